The maximum atomic E-state index is 12.4. The number of nitrogens with zero attached hydrogens (tertiary/aromatic N) is 4. The largest absolute Gasteiger partial charge is 0.286 e. The zero-order chi connectivity index (χ0) is 18.9. The summed E-state index contributed by atoms with van der Waals surface area (Å²) in [5.74, 6) is -0.727. The molecule has 0 bridgehead atoms. The van der Waals surface area contributed by atoms with E-state index >= 15 is 0 Å². The Hall–Kier alpha value is -2.81. The second-order valence-corrected chi connectivity index (χ2v) is 6.16. The van der Waals surface area contributed by atoms with Gasteiger partial charge in [-0.3, -0.25) is 25.6 Å². The summed E-state index contributed by atoms with van der Waals surface area (Å²) in [5.41, 5.74) is 7.54. The number of amides is 2. The van der Waals surface area contributed by atoms with Gasteiger partial charge in [0.1, 0.15) is 5.52 Å². The Kier molecular flexibility index (Phi) is 7.22. The molecule has 26 heavy (non-hydrogen) atoms. The van der Waals surface area contributed by atoms with Gasteiger partial charge in [-0.05, 0) is 31.0 Å². The number of rotatable bonds is 10. The van der Waals surface area contributed by atoms with Crippen LogP contribution < -0.4 is 10.9 Å². The molecule has 2 aromatic rings. The van der Waals surface area contributed by atoms with Gasteiger partial charge in [-0.2, -0.15) is 0 Å². The highest BCUT2D eigenvalue weighted by molar-refractivity contribution is 5.80. The highest BCUT2D eigenvalue weighted by Crippen LogP contribution is 2.13. The second kappa shape index (κ2) is 9.62. The van der Waals surface area contributed by atoms with E-state index in [-0.39, 0.29) is 24.8 Å². The number of unbranched alkanes of at least 4 members (excludes halogenated alkanes) is 2. The van der Waals surface area contributed by atoms with Gasteiger partial charge in [0.15, 0.2) is 0 Å². The predicted octanol–water partition coefficient (Wildman–Crippen LogP) is 1.82. The summed E-state index contributed by atoms with van der Waals surface area (Å²) in [7, 11) is 0. The SMILES string of the molecule is CCCCC[C@H](CN(O)C=O)C(=O)NNc1nnc2ccc(C)cc2n1. The first kappa shape index (κ1) is 19.5. The Balaban J connectivity index is 1.99. The molecule has 2 rings (SSSR count). The lowest BCUT2D eigenvalue weighted by Gasteiger charge is -2.19. The van der Waals surface area contributed by atoms with Gasteiger partial charge < -0.3 is 0 Å². The van der Waals surface area contributed by atoms with E-state index in [2.05, 4.69) is 33.0 Å². The van der Waals surface area contributed by atoms with E-state index in [0.29, 0.717) is 22.5 Å². The smallest absolute Gasteiger partial charge is 0.262 e. The normalized spacial score (nSPS) is 11.8. The molecule has 0 saturated heterocycles. The summed E-state index contributed by atoms with van der Waals surface area (Å²) in [4.78, 5) is 27.3. The summed E-state index contributed by atoms with van der Waals surface area (Å²) in [6.45, 7) is 3.94. The topological polar surface area (TPSA) is 120 Å². The van der Waals surface area contributed by atoms with Crippen molar-refractivity contribution in [3.05, 3.63) is 23.8 Å². The van der Waals surface area contributed by atoms with Crippen molar-refractivity contribution in [3.8, 4) is 0 Å². The third-order valence-corrected chi connectivity index (χ3v) is 3.96. The molecule has 0 spiro atoms. The molecule has 1 aromatic carbocycles. The molecule has 1 atom stereocenters. The number of aryl methyl sites for hydroxylation is 1. The van der Waals surface area contributed by atoms with E-state index in [9.17, 15) is 14.8 Å². The van der Waals surface area contributed by atoms with Crippen LogP contribution in [0.25, 0.3) is 11.0 Å². The van der Waals surface area contributed by atoms with Crippen molar-refractivity contribution in [1.82, 2.24) is 25.7 Å². The maximum Gasteiger partial charge on any atom is 0.262 e. The van der Waals surface area contributed by atoms with Crippen molar-refractivity contribution < 1.29 is 14.8 Å². The average molecular weight is 360 g/mol. The Morgan fingerprint density at radius 3 is 2.85 bits per heavy atom. The van der Waals surface area contributed by atoms with Gasteiger partial charge in [0.2, 0.25) is 12.3 Å². The molecule has 0 aliphatic rings. The monoisotopic (exact) mass is 360 g/mol. The Morgan fingerprint density at radius 2 is 2.12 bits per heavy atom. The lowest BCUT2D eigenvalue weighted by atomic mass is 10.0. The summed E-state index contributed by atoms with van der Waals surface area (Å²) in [6.07, 6.45) is 3.66. The van der Waals surface area contributed by atoms with Crippen molar-refractivity contribution in [1.29, 1.82) is 0 Å². The molecule has 9 nitrogen and oxygen atoms in total. The highest BCUT2D eigenvalue weighted by Gasteiger charge is 2.20. The zero-order valence-corrected chi connectivity index (χ0v) is 15.0. The molecule has 1 aromatic heterocycles. The van der Waals surface area contributed by atoms with Crippen molar-refractivity contribution in [2.45, 2.75) is 39.5 Å². The third-order valence-electron chi connectivity index (χ3n) is 3.96. The zero-order valence-electron chi connectivity index (χ0n) is 15.0. The van der Waals surface area contributed by atoms with Crippen LogP contribution in [0.1, 0.15) is 38.2 Å². The minimum Gasteiger partial charge on any atom is -0.286 e. The second-order valence-electron chi connectivity index (χ2n) is 6.16. The number of carbonyl (C=O) groups is 2. The molecule has 0 saturated carbocycles. The first-order valence-electron chi connectivity index (χ1n) is 8.61. The number of hydrogen-bond acceptors (Lipinski definition) is 7. The van der Waals surface area contributed by atoms with E-state index in [4.69, 9.17) is 0 Å². The minimum atomic E-state index is -0.542. The van der Waals surface area contributed by atoms with Crippen LogP contribution in [0.3, 0.4) is 0 Å². The van der Waals surface area contributed by atoms with Crippen LogP contribution in [0, 0.1) is 12.8 Å². The van der Waals surface area contributed by atoms with Crippen LogP contribution in [0.5, 0.6) is 0 Å². The summed E-state index contributed by atoms with van der Waals surface area (Å²) in [5, 5.41) is 17.8. The number of nitrogens with one attached hydrogen (secondary N) is 2. The van der Waals surface area contributed by atoms with Gasteiger partial charge in [0.25, 0.3) is 5.95 Å². The molecule has 0 fully saturated rings. The number of anilines is 1. The predicted molar refractivity (Wildman–Crippen MR) is 96.0 cm³/mol. The number of hydroxylamine groups is 2. The van der Waals surface area contributed by atoms with E-state index in [1.807, 2.05) is 25.1 Å². The van der Waals surface area contributed by atoms with Gasteiger partial charge in [-0.25, -0.2) is 10.0 Å². The molecule has 0 aliphatic heterocycles. The first-order chi connectivity index (χ1) is 12.5. The van der Waals surface area contributed by atoms with E-state index in [1.165, 1.54) is 0 Å². The fraction of sp³-hybridized carbons (Fsp3) is 0.471. The van der Waals surface area contributed by atoms with Crippen molar-refractivity contribution in [2.24, 2.45) is 5.92 Å². The summed E-state index contributed by atoms with van der Waals surface area (Å²) >= 11 is 0. The molecule has 1 heterocycles. The molecule has 9 heteroatoms. The standard InChI is InChI=1S/C17H24N6O3/c1-3-4-5-6-13(10-23(26)11-24)16(25)20-22-17-18-15-9-12(2)7-8-14(15)19-21-17/h7-9,11,13,26H,3-6,10H2,1-2H3,(H,20,25)(H,18,21,22)/t13-/m1/s1. The lowest BCUT2D eigenvalue weighted by molar-refractivity contribution is -0.154. The van der Waals surface area contributed by atoms with Gasteiger partial charge in [0.05, 0.1) is 18.0 Å². The third kappa shape index (κ3) is 5.62. The van der Waals surface area contributed by atoms with E-state index < -0.39 is 5.92 Å². The summed E-state index contributed by atoms with van der Waals surface area (Å²) in [6, 6.07) is 5.62. The number of fused-ring (bicyclic) bond motifs is 1. The molecule has 0 radical (unpaired) electrons. The van der Waals surface area contributed by atoms with Crippen LogP contribution in [-0.2, 0) is 9.59 Å². The Morgan fingerprint density at radius 1 is 1.31 bits per heavy atom. The quantitative estimate of drug-likeness (QED) is 0.256. The highest BCUT2D eigenvalue weighted by atomic mass is 16.5. The average Bonchev–Trinajstić information content (AvgIpc) is 2.64. The van der Waals surface area contributed by atoms with Crippen LogP contribution in [-0.4, -0.2) is 44.3 Å². The van der Waals surface area contributed by atoms with Gasteiger partial charge in [0, 0.05) is 0 Å². The van der Waals surface area contributed by atoms with Crippen molar-refractivity contribution in [2.75, 3.05) is 12.0 Å². The summed E-state index contributed by atoms with van der Waals surface area (Å²) < 4.78 is 0. The van der Waals surface area contributed by atoms with Gasteiger partial charge in [-0.1, -0.05) is 32.3 Å². The molecule has 3 N–H and O–H groups in total. The molecule has 140 valence electrons. The Bertz CT molecular complexity index is 754. The molecule has 0 unspecified atom stereocenters. The number of aromatic nitrogens is 3. The molecule has 2 amide bonds. The van der Waals surface area contributed by atoms with E-state index in [0.717, 1.165) is 24.8 Å². The fourth-order valence-electron chi connectivity index (χ4n) is 2.53. The number of hydrogen-bond donors (Lipinski definition) is 3. The number of benzene rings is 1. The van der Waals surface area contributed by atoms with Crippen LogP contribution >= 0.6 is 0 Å². The van der Waals surface area contributed by atoms with Crippen LogP contribution in [0.4, 0.5) is 5.95 Å². The van der Waals surface area contributed by atoms with Crippen molar-refractivity contribution >= 4 is 29.3 Å². The number of carbonyl (C=O) groups excluding carboxylic acids is 2. The lowest BCUT2D eigenvalue weighted by Crippen LogP contribution is -2.40. The van der Waals surface area contributed by atoms with Crippen LogP contribution in [0.15, 0.2) is 18.2 Å². The molecule has 0 aliphatic carbocycles. The first-order valence-corrected chi connectivity index (χ1v) is 8.61. The maximum absolute atomic E-state index is 12.4. The molecular weight excluding hydrogens is 336 g/mol. The van der Waals surface area contributed by atoms with Crippen molar-refractivity contribution in [3.63, 3.8) is 0 Å². The Labute approximate surface area is 151 Å². The number of hydrazine groups is 1. The van der Waals surface area contributed by atoms with Crippen LogP contribution in [0.2, 0.25) is 0 Å². The fourth-order valence-corrected chi connectivity index (χ4v) is 2.53. The minimum absolute atomic E-state index is 0.0727. The molecular formula is C17H24N6O3. The van der Waals surface area contributed by atoms with Gasteiger partial charge >= 0.3 is 0 Å². The van der Waals surface area contributed by atoms with E-state index in [1.54, 1.807) is 0 Å². The van der Waals surface area contributed by atoms with Gasteiger partial charge in [-0.15, -0.1) is 10.2 Å².